The summed E-state index contributed by atoms with van der Waals surface area (Å²) in [5, 5.41) is 11.4. The van der Waals surface area contributed by atoms with Crippen molar-refractivity contribution in [3.8, 4) is 0 Å². The van der Waals surface area contributed by atoms with Crippen LogP contribution in [0.2, 0.25) is 0 Å². The fraction of sp³-hybridized carbons (Fsp3) is 0.462. The van der Waals surface area contributed by atoms with Gasteiger partial charge in [-0.25, -0.2) is 4.39 Å². The van der Waals surface area contributed by atoms with Crippen molar-refractivity contribution >= 4 is 23.2 Å². The van der Waals surface area contributed by atoms with Crippen LogP contribution in [-0.2, 0) is 11.2 Å². The molecule has 2 aliphatic rings. The van der Waals surface area contributed by atoms with Crippen molar-refractivity contribution in [3.63, 3.8) is 0 Å². The number of hydrogen-bond acceptors (Lipinski definition) is 5. The van der Waals surface area contributed by atoms with Crippen molar-refractivity contribution in [3.05, 3.63) is 69.5 Å². The maximum Gasteiger partial charge on any atom is 0.270 e. The van der Waals surface area contributed by atoms with Gasteiger partial charge in [0.25, 0.3) is 11.6 Å². The molecule has 0 aliphatic carbocycles. The van der Waals surface area contributed by atoms with Crippen molar-refractivity contribution < 1.29 is 18.9 Å². The number of carbonyl (C=O) groups is 2. The summed E-state index contributed by atoms with van der Waals surface area (Å²) in [5.41, 5.74) is 1.73. The number of non-ortho nitro benzene ring substituents is 1. The van der Waals surface area contributed by atoms with E-state index in [2.05, 4.69) is 18.7 Å². The van der Waals surface area contributed by atoms with E-state index in [0.717, 1.165) is 5.56 Å². The predicted octanol–water partition coefficient (Wildman–Crippen LogP) is 4.23. The van der Waals surface area contributed by atoms with Gasteiger partial charge in [0.15, 0.2) is 0 Å². The topological polar surface area (TPSA) is 87.0 Å². The van der Waals surface area contributed by atoms with Crippen LogP contribution in [0.3, 0.4) is 0 Å². The molecule has 2 atom stereocenters. The van der Waals surface area contributed by atoms with Crippen LogP contribution >= 0.6 is 0 Å². The van der Waals surface area contributed by atoms with E-state index in [1.165, 1.54) is 24.3 Å². The van der Waals surface area contributed by atoms with Crippen molar-refractivity contribution in [2.24, 2.45) is 5.92 Å². The summed E-state index contributed by atoms with van der Waals surface area (Å²) in [5.74, 6) is -0.482. The molecule has 2 heterocycles. The third kappa shape index (κ3) is 4.85. The molecule has 0 unspecified atom stereocenters. The molecule has 8 nitrogen and oxygen atoms in total. The molecule has 9 heteroatoms. The number of fused-ring (bicyclic) bond motifs is 2. The molecule has 0 radical (unpaired) electrons. The summed E-state index contributed by atoms with van der Waals surface area (Å²) in [6, 6.07) is 10.0. The molecular weight excluding hydrogens is 451 g/mol. The predicted molar refractivity (Wildman–Crippen MR) is 131 cm³/mol. The van der Waals surface area contributed by atoms with Gasteiger partial charge in [-0.15, -0.1) is 0 Å². The fourth-order valence-corrected chi connectivity index (χ4v) is 5.06. The van der Waals surface area contributed by atoms with Crippen LogP contribution in [0.15, 0.2) is 42.5 Å². The van der Waals surface area contributed by atoms with E-state index in [1.54, 1.807) is 23.1 Å². The number of piperazine rings is 1. The van der Waals surface area contributed by atoms with Gasteiger partial charge in [0.1, 0.15) is 18.0 Å². The molecule has 186 valence electrons. The Morgan fingerprint density at radius 1 is 1.14 bits per heavy atom. The Morgan fingerprint density at radius 2 is 1.86 bits per heavy atom. The Hall–Kier alpha value is -3.49. The summed E-state index contributed by atoms with van der Waals surface area (Å²) < 4.78 is 13.3. The molecule has 0 spiro atoms. The Morgan fingerprint density at radius 3 is 2.49 bits per heavy atom. The summed E-state index contributed by atoms with van der Waals surface area (Å²) in [4.78, 5) is 43.7. The lowest BCUT2D eigenvalue weighted by molar-refractivity contribution is -0.384. The Bertz CT molecular complexity index is 1120. The minimum atomic E-state index is -0.637. The highest BCUT2D eigenvalue weighted by atomic mass is 19.1. The molecule has 0 aromatic heterocycles. The van der Waals surface area contributed by atoms with Gasteiger partial charge in [0.2, 0.25) is 5.91 Å². The lowest BCUT2D eigenvalue weighted by atomic mass is 9.95. The van der Waals surface area contributed by atoms with Gasteiger partial charge in [-0.1, -0.05) is 39.3 Å². The number of benzene rings is 2. The molecule has 2 amide bonds. The first-order valence-electron chi connectivity index (χ1n) is 12.1. The third-order valence-corrected chi connectivity index (χ3v) is 6.67. The van der Waals surface area contributed by atoms with E-state index in [9.17, 15) is 24.1 Å². The van der Waals surface area contributed by atoms with E-state index in [0.29, 0.717) is 44.6 Å². The average molecular weight is 483 g/mol. The quantitative estimate of drug-likeness (QED) is 0.415. The second-order valence-corrected chi connectivity index (χ2v) is 9.66. The maximum absolute atomic E-state index is 13.7. The molecular formula is C26H31FN4O4. The zero-order chi connectivity index (χ0) is 25.3. The lowest BCUT2D eigenvalue weighted by Crippen LogP contribution is -2.70. The lowest BCUT2D eigenvalue weighted by Gasteiger charge is -2.53. The largest absolute Gasteiger partial charge is 0.349 e. The van der Waals surface area contributed by atoms with Gasteiger partial charge in [0.05, 0.1) is 22.7 Å². The first-order chi connectivity index (χ1) is 16.7. The number of nitro groups is 1. The number of halogens is 1. The van der Waals surface area contributed by atoms with Crippen LogP contribution in [0.1, 0.15) is 49.5 Å². The number of hydrogen-bond donors (Lipinski definition) is 0. The van der Waals surface area contributed by atoms with Crippen LogP contribution in [0, 0.1) is 21.8 Å². The molecule has 2 aromatic rings. The van der Waals surface area contributed by atoms with Crippen LogP contribution in [-0.4, -0.2) is 58.4 Å². The highest BCUT2D eigenvalue weighted by Crippen LogP contribution is 2.38. The van der Waals surface area contributed by atoms with Crippen molar-refractivity contribution in [1.82, 2.24) is 9.80 Å². The van der Waals surface area contributed by atoms with E-state index >= 15 is 0 Å². The number of nitro benzene ring substituents is 1. The number of amides is 2. The number of carbonyl (C=O) groups excluding carboxylic acids is 2. The van der Waals surface area contributed by atoms with Crippen LogP contribution < -0.4 is 4.90 Å². The first kappa shape index (κ1) is 24.6. The van der Waals surface area contributed by atoms with Crippen molar-refractivity contribution in [1.29, 1.82) is 0 Å². The molecule has 4 rings (SSSR count). The van der Waals surface area contributed by atoms with Crippen LogP contribution in [0.5, 0.6) is 0 Å². The highest BCUT2D eigenvalue weighted by molar-refractivity contribution is 6.05. The van der Waals surface area contributed by atoms with Gasteiger partial charge in [-0.05, 0) is 42.5 Å². The molecule has 35 heavy (non-hydrogen) atoms. The van der Waals surface area contributed by atoms with E-state index in [4.69, 9.17) is 0 Å². The molecule has 2 aliphatic heterocycles. The minimum Gasteiger partial charge on any atom is -0.349 e. The summed E-state index contributed by atoms with van der Waals surface area (Å²) in [6.07, 6.45) is 1.44. The fourth-order valence-electron chi connectivity index (χ4n) is 5.06. The molecule has 2 aromatic carbocycles. The van der Waals surface area contributed by atoms with Gasteiger partial charge in [-0.2, -0.15) is 0 Å². The second kappa shape index (κ2) is 10.0. The average Bonchev–Trinajstić information content (AvgIpc) is 2.82. The Kier molecular flexibility index (Phi) is 7.05. The Labute approximate surface area is 204 Å². The third-order valence-electron chi connectivity index (χ3n) is 6.67. The van der Waals surface area contributed by atoms with Gasteiger partial charge in [-0.3, -0.25) is 19.7 Å². The molecule has 0 bridgehead atoms. The minimum absolute atomic E-state index is 0.114. The van der Waals surface area contributed by atoms with E-state index in [1.807, 2.05) is 11.8 Å². The molecule has 0 saturated carbocycles. The maximum atomic E-state index is 13.7. The van der Waals surface area contributed by atoms with Gasteiger partial charge < -0.3 is 14.7 Å². The van der Waals surface area contributed by atoms with Crippen molar-refractivity contribution in [2.75, 3.05) is 24.5 Å². The molecule has 1 fully saturated rings. The molecule has 1 saturated heterocycles. The van der Waals surface area contributed by atoms with E-state index < -0.39 is 11.0 Å². The zero-order valence-electron chi connectivity index (χ0n) is 20.3. The van der Waals surface area contributed by atoms with E-state index in [-0.39, 0.29) is 41.0 Å². The normalized spacial score (nSPS) is 19.7. The van der Waals surface area contributed by atoms with Gasteiger partial charge >= 0.3 is 0 Å². The van der Waals surface area contributed by atoms with Gasteiger partial charge in [0, 0.05) is 25.2 Å². The SMILES string of the molecule is CCC[C@@H]1C(=O)N(CCc2ccc(F)cc2)C[C@H]2N(CC(C)C)c3ccc([N+](=O)[O-])cc3C(=O)N12. The zero-order valence-corrected chi connectivity index (χ0v) is 20.3. The number of rotatable bonds is 8. The Balaban J connectivity index is 1.70. The smallest absolute Gasteiger partial charge is 0.270 e. The number of nitrogens with zero attached hydrogens (tertiary/aromatic N) is 4. The first-order valence-corrected chi connectivity index (χ1v) is 12.1. The summed E-state index contributed by atoms with van der Waals surface area (Å²) in [6.45, 7) is 7.57. The van der Waals surface area contributed by atoms with Crippen molar-refractivity contribution in [2.45, 2.75) is 52.2 Å². The summed E-state index contributed by atoms with van der Waals surface area (Å²) in [7, 11) is 0. The standard InChI is InChI=1S/C26H31FN4O4/c1-4-5-23-26(33)28(13-12-18-6-8-19(27)9-7-18)16-24-29(15-17(2)3)22-11-10-20(31(34)35)14-21(22)25(32)30(23)24/h6-11,14,17,23-24H,4-5,12-13,15-16H2,1-3H3/t23-,24+/m1/s1. The second-order valence-electron chi connectivity index (χ2n) is 9.66. The number of anilines is 1. The van der Waals surface area contributed by atoms with Crippen LogP contribution in [0.4, 0.5) is 15.8 Å². The van der Waals surface area contributed by atoms with Crippen LogP contribution in [0.25, 0.3) is 0 Å². The highest BCUT2D eigenvalue weighted by Gasteiger charge is 2.49. The monoisotopic (exact) mass is 482 g/mol. The summed E-state index contributed by atoms with van der Waals surface area (Å²) >= 11 is 0. The molecule has 0 N–H and O–H groups in total.